The monoisotopic (exact) mass is 272 g/mol. The molecule has 1 unspecified atom stereocenters. The Hall–Kier alpha value is -1.30. The minimum atomic E-state index is -1.21. The van der Waals surface area contributed by atoms with Crippen LogP contribution in [0.1, 0.15) is 40.5 Å². The van der Waals surface area contributed by atoms with Gasteiger partial charge in [0.25, 0.3) is 0 Å². The predicted molar refractivity (Wildman–Crippen MR) is 71.1 cm³/mol. The van der Waals surface area contributed by atoms with E-state index in [1.165, 1.54) is 0 Å². The van der Waals surface area contributed by atoms with Crippen LogP contribution in [0.2, 0.25) is 0 Å². The second-order valence-electron chi connectivity index (χ2n) is 5.85. The van der Waals surface area contributed by atoms with Crippen LogP contribution < -0.4 is 5.32 Å². The van der Waals surface area contributed by atoms with E-state index in [1.807, 2.05) is 20.8 Å². The van der Waals surface area contributed by atoms with Gasteiger partial charge < -0.3 is 20.1 Å². The van der Waals surface area contributed by atoms with Crippen molar-refractivity contribution >= 4 is 12.0 Å². The Kier molecular flexibility index (Phi) is 4.79. The van der Waals surface area contributed by atoms with Gasteiger partial charge in [-0.05, 0) is 27.2 Å². The van der Waals surface area contributed by atoms with Crippen LogP contribution in [-0.2, 0) is 9.53 Å². The third-order valence-electron chi connectivity index (χ3n) is 3.32. The summed E-state index contributed by atoms with van der Waals surface area (Å²) in [6, 6.07) is -0.338. The average Bonchev–Trinajstić information content (AvgIpc) is 2.27. The minimum absolute atomic E-state index is 0.338. The van der Waals surface area contributed by atoms with Gasteiger partial charge in [0, 0.05) is 6.54 Å². The summed E-state index contributed by atoms with van der Waals surface area (Å²) in [5, 5.41) is 11.9. The van der Waals surface area contributed by atoms with Crippen LogP contribution >= 0.6 is 0 Å². The standard InChI is InChI=1S/C13H24N2O4/c1-5-6-13(4,10(16)17)14-11(18)15-7-8-19-12(2,3)9-15/h5-9H2,1-4H3,(H,14,18)(H,16,17). The number of nitrogens with one attached hydrogen (secondary N) is 1. The minimum Gasteiger partial charge on any atom is -0.480 e. The number of morpholine rings is 1. The fourth-order valence-corrected chi connectivity index (χ4v) is 2.23. The molecule has 6 heteroatoms. The van der Waals surface area contributed by atoms with Gasteiger partial charge in [-0.2, -0.15) is 0 Å². The second-order valence-corrected chi connectivity index (χ2v) is 5.85. The molecule has 0 aromatic carbocycles. The van der Waals surface area contributed by atoms with Gasteiger partial charge >= 0.3 is 12.0 Å². The zero-order chi connectivity index (χ0) is 14.7. The van der Waals surface area contributed by atoms with E-state index in [0.717, 1.165) is 0 Å². The maximum atomic E-state index is 12.2. The van der Waals surface area contributed by atoms with Crippen LogP contribution in [0.5, 0.6) is 0 Å². The first-order valence-electron chi connectivity index (χ1n) is 6.64. The molecule has 0 saturated carbocycles. The first kappa shape index (κ1) is 15.8. The number of urea groups is 1. The highest BCUT2D eigenvalue weighted by atomic mass is 16.5. The number of amides is 2. The first-order valence-corrected chi connectivity index (χ1v) is 6.64. The average molecular weight is 272 g/mol. The highest BCUT2D eigenvalue weighted by molar-refractivity contribution is 5.85. The predicted octanol–water partition coefficient (Wildman–Crippen LogP) is 1.45. The van der Waals surface area contributed by atoms with E-state index in [1.54, 1.807) is 11.8 Å². The van der Waals surface area contributed by atoms with Gasteiger partial charge in [-0.15, -0.1) is 0 Å². The number of carbonyl (C=O) groups is 2. The quantitative estimate of drug-likeness (QED) is 0.812. The molecule has 2 N–H and O–H groups in total. The molecule has 1 saturated heterocycles. The summed E-state index contributed by atoms with van der Waals surface area (Å²) >= 11 is 0. The molecule has 110 valence electrons. The second kappa shape index (κ2) is 5.77. The van der Waals surface area contributed by atoms with Crippen molar-refractivity contribution in [1.82, 2.24) is 10.2 Å². The SMILES string of the molecule is CCCC(C)(NC(=O)N1CCOC(C)(C)C1)C(=O)O. The van der Waals surface area contributed by atoms with Gasteiger partial charge in [-0.25, -0.2) is 9.59 Å². The van der Waals surface area contributed by atoms with Crippen LogP contribution in [0.15, 0.2) is 0 Å². The molecule has 0 radical (unpaired) electrons. The summed E-state index contributed by atoms with van der Waals surface area (Å²) in [4.78, 5) is 25.1. The molecule has 0 aromatic rings. The zero-order valence-electron chi connectivity index (χ0n) is 12.2. The lowest BCUT2D eigenvalue weighted by Gasteiger charge is -2.39. The molecule has 1 rings (SSSR count). The van der Waals surface area contributed by atoms with Gasteiger partial charge in [-0.1, -0.05) is 13.3 Å². The lowest BCUT2D eigenvalue weighted by atomic mass is 9.96. The van der Waals surface area contributed by atoms with Crippen LogP contribution in [-0.4, -0.2) is 52.8 Å². The molecule has 1 heterocycles. The summed E-state index contributed by atoms with van der Waals surface area (Å²) in [5.41, 5.74) is -1.60. The van der Waals surface area contributed by atoms with Crippen molar-refractivity contribution in [2.75, 3.05) is 19.7 Å². The molecule has 0 aromatic heterocycles. The number of carbonyl (C=O) groups excluding carboxylic acids is 1. The first-order chi connectivity index (χ1) is 8.70. The zero-order valence-corrected chi connectivity index (χ0v) is 12.2. The number of nitrogens with zero attached hydrogens (tertiary/aromatic N) is 1. The van der Waals surface area contributed by atoms with Gasteiger partial charge in [0.15, 0.2) is 0 Å². The van der Waals surface area contributed by atoms with Crippen molar-refractivity contribution in [3.63, 3.8) is 0 Å². The number of aliphatic carboxylic acids is 1. The lowest BCUT2D eigenvalue weighted by molar-refractivity contribution is -0.144. The Labute approximate surface area is 114 Å². The number of ether oxygens (including phenoxy) is 1. The molecule has 1 aliphatic heterocycles. The normalized spacial score (nSPS) is 21.6. The van der Waals surface area contributed by atoms with Crippen LogP contribution in [0.4, 0.5) is 4.79 Å². The molecule has 0 aliphatic carbocycles. The highest BCUT2D eigenvalue weighted by Crippen LogP contribution is 2.18. The van der Waals surface area contributed by atoms with Gasteiger partial charge in [0.2, 0.25) is 0 Å². The van der Waals surface area contributed by atoms with Gasteiger partial charge in [-0.3, -0.25) is 0 Å². The third-order valence-corrected chi connectivity index (χ3v) is 3.32. The van der Waals surface area contributed by atoms with Gasteiger partial charge in [0.05, 0.1) is 18.8 Å². The summed E-state index contributed by atoms with van der Waals surface area (Å²) in [6.07, 6.45) is 1.10. The van der Waals surface area contributed by atoms with Gasteiger partial charge in [0.1, 0.15) is 5.54 Å². The van der Waals surface area contributed by atoms with Crippen molar-refractivity contribution < 1.29 is 19.4 Å². The fraction of sp³-hybridized carbons (Fsp3) is 0.846. The number of hydrogen-bond acceptors (Lipinski definition) is 3. The van der Waals surface area contributed by atoms with Crippen molar-refractivity contribution in [3.05, 3.63) is 0 Å². The van der Waals surface area contributed by atoms with E-state index in [9.17, 15) is 14.7 Å². The van der Waals surface area contributed by atoms with E-state index >= 15 is 0 Å². The Balaban J connectivity index is 2.69. The number of hydrogen-bond donors (Lipinski definition) is 2. The summed E-state index contributed by atoms with van der Waals surface area (Å²) in [5.74, 6) is -1.00. The van der Waals surface area contributed by atoms with Crippen molar-refractivity contribution in [1.29, 1.82) is 0 Å². The summed E-state index contributed by atoms with van der Waals surface area (Å²) in [6.45, 7) is 8.67. The number of carboxylic acids is 1. The molecule has 6 nitrogen and oxygen atoms in total. The maximum absolute atomic E-state index is 12.2. The lowest BCUT2D eigenvalue weighted by Crippen LogP contribution is -2.60. The maximum Gasteiger partial charge on any atom is 0.329 e. The molecule has 1 atom stereocenters. The largest absolute Gasteiger partial charge is 0.480 e. The molecule has 0 spiro atoms. The number of rotatable bonds is 4. The molecule has 2 amide bonds. The molecule has 1 aliphatic rings. The van der Waals surface area contributed by atoms with Crippen LogP contribution in [0.3, 0.4) is 0 Å². The van der Waals surface area contributed by atoms with E-state index in [4.69, 9.17) is 4.74 Å². The molecular formula is C13H24N2O4. The number of carboxylic acid groups (broad SMARTS) is 1. The van der Waals surface area contributed by atoms with Crippen LogP contribution in [0, 0.1) is 0 Å². The molecule has 0 bridgehead atoms. The Bertz CT molecular complexity index is 357. The van der Waals surface area contributed by atoms with E-state index in [2.05, 4.69) is 5.32 Å². The van der Waals surface area contributed by atoms with Crippen molar-refractivity contribution in [2.45, 2.75) is 51.7 Å². The molecule has 1 fully saturated rings. The van der Waals surface area contributed by atoms with Crippen molar-refractivity contribution in [2.24, 2.45) is 0 Å². The van der Waals surface area contributed by atoms with E-state index in [0.29, 0.717) is 32.5 Å². The van der Waals surface area contributed by atoms with Crippen LogP contribution in [0.25, 0.3) is 0 Å². The third kappa shape index (κ3) is 4.09. The van der Waals surface area contributed by atoms with E-state index in [-0.39, 0.29) is 11.6 Å². The fourth-order valence-electron chi connectivity index (χ4n) is 2.23. The Morgan fingerprint density at radius 3 is 2.58 bits per heavy atom. The van der Waals surface area contributed by atoms with Crippen molar-refractivity contribution in [3.8, 4) is 0 Å². The molecular weight excluding hydrogens is 248 g/mol. The summed E-state index contributed by atoms with van der Waals surface area (Å²) < 4.78 is 5.53. The van der Waals surface area contributed by atoms with E-state index < -0.39 is 11.5 Å². The molecule has 19 heavy (non-hydrogen) atoms. The highest BCUT2D eigenvalue weighted by Gasteiger charge is 2.37. The topological polar surface area (TPSA) is 78.9 Å². The summed E-state index contributed by atoms with van der Waals surface area (Å²) in [7, 11) is 0. The Morgan fingerprint density at radius 1 is 1.47 bits per heavy atom. The smallest absolute Gasteiger partial charge is 0.329 e. The Morgan fingerprint density at radius 2 is 2.11 bits per heavy atom.